The minimum atomic E-state index is 0.751. The average molecular weight is 355 g/mol. The molecule has 1 aliphatic heterocycles. The van der Waals surface area contributed by atoms with Gasteiger partial charge in [-0.2, -0.15) is 0 Å². The van der Waals surface area contributed by atoms with Crippen LogP contribution in [0, 0.1) is 0 Å². The Labute approximate surface area is 156 Å². The number of ether oxygens (including phenoxy) is 1. The van der Waals surface area contributed by atoms with E-state index in [1.54, 1.807) is 0 Å². The van der Waals surface area contributed by atoms with Crippen LogP contribution in [0.25, 0.3) is 11.4 Å². The summed E-state index contributed by atoms with van der Waals surface area (Å²) in [6, 6.07) is 12.1. The maximum absolute atomic E-state index is 5.40. The average Bonchev–Trinajstić information content (AvgIpc) is 2.70. The quantitative estimate of drug-likeness (QED) is 0.674. The predicted molar refractivity (Wildman–Crippen MR) is 107 cm³/mol. The summed E-state index contributed by atoms with van der Waals surface area (Å²) in [6.07, 6.45) is 2.29. The monoisotopic (exact) mass is 355 g/mol. The van der Waals surface area contributed by atoms with Gasteiger partial charge in [-0.25, -0.2) is 9.97 Å². The van der Waals surface area contributed by atoms with E-state index in [1.807, 2.05) is 36.4 Å². The van der Waals surface area contributed by atoms with Gasteiger partial charge in [-0.05, 0) is 6.42 Å². The Morgan fingerprint density at radius 2 is 1.69 bits per heavy atom. The van der Waals surface area contributed by atoms with Gasteiger partial charge in [0.15, 0.2) is 5.82 Å². The van der Waals surface area contributed by atoms with Crippen molar-refractivity contribution < 1.29 is 4.74 Å². The van der Waals surface area contributed by atoms with Crippen LogP contribution in [0.4, 0.5) is 11.6 Å². The zero-order valence-corrected chi connectivity index (χ0v) is 15.6. The largest absolute Gasteiger partial charge is 0.379 e. The molecule has 6 heteroatoms. The zero-order valence-electron chi connectivity index (χ0n) is 15.6. The topological polar surface area (TPSA) is 62.3 Å². The summed E-state index contributed by atoms with van der Waals surface area (Å²) in [5.74, 6) is 2.49. The highest BCUT2D eigenvalue weighted by atomic mass is 16.5. The number of aromatic nitrogens is 2. The molecule has 1 aliphatic rings. The van der Waals surface area contributed by atoms with Gasteiger partial charge < -0.3 is 15.4 Å². The maximum Gasteiger partial charge on any atom is 0.163 e. The molecule has 1 saturated heterocycles. The van der Waals surface area contributed by atoms with Crippen molar-refractivity contribution in [1.82, 2.24) is 14.9 Å². The van der Waals surface area contributed by atoms with Crippen LogP contribution in [0.15, 0.2) is 36.4 Å². The molecule has 1 fully saturated rings. The Morgan fingerprint density at radius 1 is 1.00 bits per heavy atom. The molecule has 0 radical (unpaired) electrons. The summed E-state index contributed by atoms with van der Waals surface area (Å²) >= 11 is 0. The lowest BCUT2D eigenvalue weighted by molar-refractivity contribution is 0.0398. The number of hydrogen-bond acceptors (Lipinski definition) is 6. The second-order valence-corrected chi connectivity index (χ2v) is 6.49. The Balaban J connectivity index is 1.67. The standard InChI is InChI=1S/C20H29N5O/c1-2-3-9-21-18-16-19(22-10-11-25-12-14-26-15-13-25)24-20(23-18)17-7-5-4-6-8-17/h4-8,16H,2-3,9-15H2,1H3,(H2,21,22,23,24). The second-order valence-electron chi connectivity index (χ2n) is 6.49. The molecule has 6 nitrogen and oxygen atoms in total. The molecule has 0 spiro atoms. The molecule has 2 aromatic rings. The lowest BCUT2D eigenvalue weighted by atomic mass is 10.2. The van der Waals surface area contributed by atoms with E-state index in [2.05, 4.69) is 27.4 Å². The number of unbranched alkanes of at least 4 members (excludes halogenated alkanes) is 1. The fourth-order valence-electron chi connectivity index (χ4n) is 2.90. The van der Waals surface area contributed by atoms with Crippen molar-refractivity contribution in [3.63, 3.8) is 0 Å². The highest BCUT2D eigenvalue weighted by Crippen LogP contribution is 2.20. The fraction of sp³-hybridized carbons (Fsp3) is 0.500. The molecule has 0 aliphatic carbocycles. The van der Waals surface area contributed by atoms with Crippen LogP contribution in [0.5, 0.6) is 0 Å². The van der Waals surface area contributed by atoms with Crippen LogP contribution in [-0.4, -0.2) is 60.8 Å². The molecule has 0 saturated carbocycles. The number of anilines is 2. The van der Waals surface area contributed by atoms with E-state index in [9.17, 15) is 0 Å². The van der Waals surface area contributed by atoms with Crippen molar-refractivity contribution in [3.8, 4) is 11.4 Å². The zero-order chi connectivity index (χ0) is 18.0. The molecule has 0 amide bonds. The molecule has 3 rings (SSSR count). The minimum absolute atomic E-state index is 0.751. The lowest BCUT2D eigenvalue weighted by Gasteiger charge is -2.26. The molecule has 0 atom stereocenters. The van der Waals surface area contributed by atoms with Crippen LogP contribution in [0.1, 0.15) is 19.8 Å². The molecule has 1 aromatic carbocycles. The summed E-state index contributed by atoms with van der Waals surface area (Å²) in [5.41, 5.74) is 1.03. The Bertz CT molecular complexity index is 659. The van der Waals surface area contributed by atoms with Crippen LogP contribution in [-0.2, 0) is 4.74 Å². The Hall–Kier alpha value is -2.18. The van der Waals surface area contributed by atoms with Gasteiger partial charge in [-0.1, -0.05) is 43.7 Å². The normalized spacial score (nSPS) is 15.0. The summed E-state index contributed by atoms with van der Waals surface area (Å²) in [4.78, 5) is 11.8. The summed E-state index contributed by atoms with van der Waals surface area (Å²) in [5, 5.41) is 6.88. The van der Waals surface area contributed by atoms with Gasteiger partial charge in [-0.3, -0.25) is 4.90 Å². The first-order chi connectivity index (χ1) is 12.8. The lowest BCUT2D eigenvalue weighted by Crippen LogP contribution is -2.39. The van der Waals surface area contributed by atoms with Crippen LogP contribution in [0.2, 0.25) is 0 Å². The van der Waals surface area contributed by atoms with Crippen molar-refractivity contribution in [2.24, 2.45) is 0 Å². The smallest absolute Gasteiger partial charge is 0.163 e. The molecule has 2 heterocycles. The van der Waals surface area contributed by atoms with Gasteiger partial charge >= 0.3 is 0 Å². The SMILES string of the molecule is CCCCNc1cc(NCCN2CCOCC2)nc(-c2ccccc2)n1. The number of benzene rings is 1. The molecule has 1 aromatic heterocycles. The van der Waals surface area contributed by atoms with Gasteiger partial charge in [0.05, 0.1) is 13.2 Å². The van der Waals surface area contributed by atoms with Gasteiger partial charge in [0.25, 0.3) is 0 Å². The van der Waals surface area contributed by atoms with Gasteiger partial charge in [-0.15, -0.1) is 0 Å². The highest BCUT2D eigenvalue weighted by molar-refractivity contribution is 5.61. The van der Waals surface area contributed by atoms with E-state index >= 15 is 0 Å². The Morgan fingerprint density at radius 3 is 2.38 bits per heavy atom. The fourth-order valence-corrected chi connectivity index (χ4v) is 2.90. The van der Waals surface area contributed by atoms with Crippen LogP contribution in [0.3, 0.4) is 0 Å². The third-order valence-corrected chi connectivity index (χ3v) is 4.43. The molecule has 0 bridgehead atoms. The first-order valence-corrected chi connectivity index (χ1v) is 9.57. The van der Waals surface area contributed by atoms with Crippen LogP contribution >= 0.6 is 0 Å². The third-order valence-electron chi connectivity index (χ3n) is 4.43. The molecule has 0 unspecified atom stereocenters. The van der Waals surface area contributed by atoms with E-state index < -0.39 is 0 Å². The van der Waals surface area contributed by atoms with Gasteiger partial charge in [0.1, 0.15) is 11.6 Å². The molecular weight excluding hydrogens is 326 g/mol. The van der Waals surface area contributed by atoms with E-state index in [4.69, 9.17) is 9.72 Å². The highest BCUT2D eigenvalue weighted by Gasteiger charge is 2.10. The number of nitrogens with one attached hydrogen (secondary N) is 2. The summed E-state index contributed by atoms with van der Waals surface area (Å²) in [7, 11) is 0. The summed E-state index contributed by atoms with van der Waals surface area (Å²) in [6.45, 7) is 8.64. The number of rotatable bonds is 9. The number of nitrogens with zero attached hydrogens (tertiary/aromatic N) is 3. The van der Waals surface area contributed by atoms with Gasteiger partial charge in [0.2, 0.25) is 0 Å². The predicted octanol–water partition coefficient (Wildman–Crippen LogP) is 3.10. The van der Waals surface area contributed by atoms with Crippen molar-refractivity contribution in [1.29, 1.82) is 0 Å². The minimum Gasteiger partial charge on any atom is -0.379 e. The van der Waals surface area contributed by atoms with Crippen molar-refractivity contribution in [3.05, 3.63) is 36.4 Å². The third kappa shape index (κ3) is 5.68. The van der Waals surface area contributed by atoms with Crippen molar-refractivity contribution >= 4 is 11.6 Å². The number of hydrogen-bond donors (Lipinski definition) is 2. The maximum atomic E-state index is 5.40. The molecule has 26 heavy (non-hydrogen) atoms. The second kappa shape index (κ2) is 10.1. The Kier molecular flexibility index (Phi) is 7.22. The van der Waals surface area contributed by atoms with Crippen molar-refractivity contribution in [2.75, 3.05) is 56.6 Å². The molecular formula is C20H29N5O. The van der Waals surface area contributed by atoms with E-state index in [-0.39, 0.29) is 0 Å². The van der Waals surface area contributed by atoms with Gasteiger partial charge in [0, 0.05) is 44.4 Å². The molecule has 2 N–H and O–H groups in total. The first kappa shape index (κ1) is 18.6. The van der Waals surface area contributed by atoms with Crippen molar-refractivity contribution in [2.45, 2.75) is 19.8 Å². The van der Waals surface area contributed by atoms with E-state index in [0.717, 1.165) is 81.8 Å². The van der Waals surface area contributed by atoms with E-state index in [0.29, 0.717) is 0 Å². The number of morpholine rings is 1. The van der Waals surface area contributed by atoms with Crippen LogP contribution < -0.4 is 10.6 Å². The summed E-state index contributed by atoms with van der Waals surface area (Å²) < 4.78 is 5.40. The molecule has 140 valence electrons. The van der Waals surface area contributed by atoms with E-state index in [1.165, 1.54) is 0 Å². The first-order valence-electron chi connectivity index (χ1n) is 9.57.